The number of benzene rings is 1. The number of nitrogens with zero attached hydrogens (tertiary/aromatic N) is 3. The van der Waals surface area contributed by atoms with E-state index >= 15 is 0 Å². The topological polar surface area (TPSA) is 98.3 Å². The summed E-state index contributed by atoms with van der Waals surface area (Å²) >= 11 is 0. The van der Waals surface area contributed by atoms with E-state index in [0.29, 0.717) is 5.69 Å². The zero-order valence-corrected chi connectivity index (χ0v) is 11.3. The summed E-state index contributed by atoms with van der Waals surface area (Å²) < 4.78 is 14.4. The van der Waals surface area contributed by atoms with Gasteiger partial charge in [0.1, 0.15) is 0 Å². The van der Waals surface area contributed by atoms with Crippen molar-refractivity contribution in [2.45, 2.75) is 19.8 Å². The highest BCUT2D eigenvalue weighted by atomic mass is 19.1. The van der Waals surface area contributed by atoms with Crippen molar-refractivity contribution < 1.29 is 19.2 Å². The maximum absolute atomic E-state index is 13.3. The van der Waals surface area contributed by atoms with Crippen molar-refractivity contribution in [3.8, 4) is 5.69 Å². The van der Waals surface area contributed by atoms with E-state index in [1.165, 1.54) is 12.1 Å². The normalized spacial score (nSPS) is 10.9. The molecule has 0 atom stereocenters. The molecule has 1 aromatic carbocycles. The Labute approximate surface area is 118 Å². The molecule has 7 nitrogen and oxygen atoms in total. The molecular formula is C13H12FN3O4. The first-order valence-electron chi connectivity index (χ1n) is 6.09. The Morgan fingerprint density at radius 2 is 2.10 bits per heavy atom. The number of aromatic carboxylic acids is 1. The molecule has 110 valence electrons. The molecule has 21 heavy (non-hydrogen) atoms. The summed E-state index contributed by atoms with van der Waals surface area (Å²) in [5.74, 6) is -2.22. The molecule has 0 amide bonds. The number of aromatic nitrogens is 2. The maximum Gasteiger partial charge on any atom is 0.354 e. The molecule has 8 heteroatoms. The number of nitro benzene ring substituents is 1. The lowest BCUT2D eigenvalue weighted by Crippen LogP contribution is -2.08. The Bertz CT molecular complexity index is 724. The highest BCUT2D eigenvalue weighted by Gasteiger charge is 2.20. The van der Waals surface area contributed by atoms with Gasteiger partial charge in [0.05, 0.1) is 16.3 Å². The molecule has 1 aromatic heterocycles. The Hall–Kier alpha value is -2.77. The second-order valence-corrected chi connectivity index (χ2v) is 4.72. The molecule has 0 aliphatic carbocycles. The van der Waals surface area contributed by atoms with Crippen molar-refractivity contribution in [1.29, 1.82) is 0 Å². The van der Waals surface area contributed by atoms with E-state index in [9.17, 15) is 24.4 Å². The van der Waals surface area contributed by atoms with Gasteiger partial charge in [-0.05, 0) is 24.1 Å². The molecular weight excluding hydrogens is 281 g/mol. The smallest absolute Gasteiger partial charge is 0.354 e. The quantitative estimate of drug-likeness (QED) is 0.690. The summed E-state index contributed by atoms with van der Waals surface area (Å²) in [4.78, 5) is 21.1. The fraction of sp³-hybridized carbons (Fsp3) is 0.231. The van der Waals surface area contributed by atoms with Crippen LogP contribution in [0.4, 0.5) is 10.1 Å². The van der Waals surface area contributed by atoms with E-state index in [4.69, 9.17) is 0 Å². The van der Waals surface area contributed by atoms with E-state index < -0.39 is 22.4 Å². The Morgan fingerprint density at radius 1 is 1.43 bits per heavy atom. The third-order valence-corrected chi connectivity index (χ3v) is 2.91. The molecule has 2 rings (SSSR count). The second kappa shape index (κ2) is 5.31. The minimum atomic E-state index is -1.22. The number of halogens is 1. The predicted octanol–water partition coefficient (Wildman–Crippen LogP) is 2.74. The van der Waals surface area contributed by atoms with Gasteiger partial charge in [0, 0.05) is 6.07 Å². The molecule has 0 aliphatic rings. The Kier molecular flexibility index (Phi) is 3.70. The van der Waals surface area contributed by atoms with Crippen LogP contribution in [-0.2, 0) is 0 Å². The van der Waals surface area contributed by atoms with Crippen LogP contribution >= 0.6 is 0 Å². The minimum Gasteiger partial charge on any atom is -0.477 e. The second-order valence-electron chi connectivity index (χ2n) is 4.72. The minimum absolute atomic E-state index is 0.0141. The molecule has 0 aliphatic heterocycles. The van der Waals surface area contributed by atoms with Crippen molar-refractivity contribution in [1.82, 2.24) is 9.78 Å². The average molecular weight is 293 g/mol. The standard InChI is InChI=1S/C13H12FN3O4/c1-7(2)10-6-12(13(18)19)16(15-10)8-3-4-9(14)11(5-8)17(20)21/h3-7H,1-2H3,(H,18,19). The molecule has 1 N–H and O–H groups in total. The molecule has 1 heterocycles. The summed E-state index contributed by atoms with van der Waals surface area (Å²) in [5, 5.41) is 24.1. The van der Waals surface area contributed by atoms with Crippen molar-refractivity contribution in [3.05, 3.63) is 51.6 Å². The van der Waals surface area contributed by atoms with Crippen molar-refractivity contribution in [3.63, 3.8) is 0 Å². The van der Waals surface area contributed by atoms with Gasteiger partial charge in [-0.15, -0.1) is 0 Å². The lowest BCUT2D eigenvalue weighted by molar-refractivity contribution is -0.387. The number of hydrogen-bond donors (Lipinski definition) is 1. The van der Waals surface area contributed by atoms with Crippen molar-refractivity contribution >= 4 is 11.7 Å². The van der Waals surface area contributed by atoms with Gasteiger partial charge in [0.25, 0.3) is 0 Å². The van der Waals surface area contributed by atoms with Gasteiger partial charge in [-0.2, -0.15) is 9.49 Å². The SMILES string of the molecule is CC(C)c1cc(C(=O)O)n(-c2ccc(F)c([N+](=O)[O-])c2)n1. The van der Waals surface area contributed by atoms with Crippen molar-refractivity contribution in [2.24, 2.45) is 0 Å². The first kappa shape index (κ1) is 14.6. The van der Waals surface area contributed by atoms with Crippen LogP contribution in [0.25, 0.3) is 5.69 Å². The van der Waals surface area contributed by atoms with Gasteiger partial charge in [0.15, 0.2) is 5.69 Å². The van der Waals surface area contributed by atoms with E-state index in [1.54, 1.807) is 0 Å². The van der Waals surface area contributed by atoms with Crippen LogP contribution in [0.3, 0.4) is 0 Å². The van der Waals surface area contributed by atoms with Gasteiger partial charge in [-0.1, -0.05) is 13.8 Å². The number of carbonyl (C=O) groups is 1. The zero-order chi connectivity index (χ0) is 15.7. The van der Waals surface area contributed by atoms with Crippen molar-refractivity contribution in [2.75, 3.05) is 0 Å². The third kappa shape index (κ3) is 2.73. The highest BCUT2D eigenvalue weighted by molar-refractivity contribution is 5.86. The molecule has 2 aromatic rings. The van der Waals surface area contributed by atoms with Crippen LogP contribution in [0.2, 0.25) is 0 Å². The van der Waals surface area contributed by atoms with Crippen LogP contribution in [0.5, 0.6) is 0 Å². The highest BCUT2D eigenvalue weighted by Crippen LogP contribution is 2.23. The Morgan fingerprint density at radius 3 is 2.62 bits per heavy atom. The average Bonchev–Trinajstić information content (AvgIpc) is 2.84. The van der Waals surface area contributed by atoms with Crippen LogP contribution in [0.15, 0.2) is 24.3 Å². The van der Waals surface area contributed by atoms with Crippen LogP contribution in [0.1, 0.15) is 35.9 Å². The fourth-order valence-corrected chi connectivity index (χ4v) is 1.80. The number of hydrogen-bond acceptors (Lipinski definition) is 4. The number of rotatable bonds is 4. The summed E-state index contributed by atoms with van der Waals surface area (Å²) in [7, 11) is 0. The summed E-state index contributed by atoms with van der Waals surface area (Å²) in [6, 6.07) is 4.50. The summed E-state index contributed by atoms with van der Waals surface area (Å²) in [6.07, 6.45) is 0. The number of carboxylic acids is 1. The van der Waals surface area contributed by atoms with E-state index in [-0.39, 0.29) is 17.3 Å². The first-order chi connectivity index (χ1) is 9.81. The maximum atomic E-state index is 13.3. The molecule has 0 unspecified atom stereocenters. The van der Waals surface area contributed by atoms with E-state index in [0.717, 1.165) is 16.8 Å². The lowest BCUT2D eigenvalue weighted by atomic mass is 10.1. The molecule has 0 radical (unpaired) electrons. The number of nitro groups is 1. The van der Waals surface area contributed by atoms with Gasteiger partial charge >= 0.3 is 11.7 Å². The van der Waals surface area contributed by atoms with Gasteiger partial charge in [-0.25, -0.2) is 9.48 Å². The molecule has 0 fully saturated rings. The molecule has 0 spiro atoms. The lowest BCUT2D eigenvalue weighted by Gasteiger charge is -2.05. The van der Waals surface area contributed by atoms with Crippen LogP contribution in [-0.4, -0.2) is 25.8 Å². The zero-order valence-electron chi connectivity index (χ0n) is 11.3. The van der Waals surface area contributed by atoms with Crippen LogP contribution < -0.4 is 0 Å². The largest absolute Gasteiger partial charge is 0.477 e. The molecule has 0 saturated carbocycles. The van der Waals surface area contributed by atoms with Gasteiger partial charge in [-0.3, -0.25) is 10.1 Å². The number of carboxylic acid groups (broad SMARTS) is 1. The Balaban J connectivity index is 2.63. The summed E-state index contributed by atoms with van der Waals surface area (Å²) in [6.45, 7) is 3.68. The van der Waals surface area contributed by atoms with Gasteiger partial charge in [0.2, 0.25) is 5.82 Å². The predicted molar refractivity (Wildman–Crippen MR) is 71.2 cm³/mol. The molecule has 0 saturated heterocycles. The fourth-order valence-electron chi connectivity index (χ4n) is 1.80. The van der Waals surface area contributed by atoms with Gasteiger partial charge < -0.3 is 5.11 Å². The van der Waals surface area contributed by atoms with E-state index in [1.807, 2.05) is 13.8 Å². The van der Waals surface area contributed by atoms with E-state index in [2.05, 4.69) is 5.10 Å². The van der Waals surface area contributed by atoms with Crippen LogP contribution in [0, 0.1) is 15.9 Å². The third-order valence-electron chi connectivity index (χ3n) is 2.91. The summed E-state index contributed by atoms with van der Waals surface area (Å²) in [5.41, 5.74) is -0.225. The molecule has 0 bridgehead atoms. The monoisotopic (exact) mass is 293 g/mol. The first-order valence-corrected chi connectivity index (χ1v) is 6.09.